The van der Waals surface area contributed by atoms with E-state index in [1.54, 1.807) is 11.8 Å². The van der Waals surface area contributed by atoms with Crippen molar-refractivity contribution in [2.24, 2.45) is 17.8 Å². The summed E-state index contributed by atoms with van der Waals surface area (Å²) in [4.78, 5) is 6.67. The first-order chi connectivity index (χ1) is 9.67. The van der Waals surface area contributed by atoms with Gasteiger partial charge in [-0.25, -0.2) is 9.67 Å². The Labute approximate surface area is 124 Å². The maximum atomic E-state index is 6.08. The first-order valence-electron chi connectivity index (χ1n) is 6.88. The first kappa shape index (κ1) is 15.0. The molecule has 7 heteroatoms. The highest BCUT2D eigenvalue weighted by atomic mass is 32.2. The molecule has 1 aromatic rings. The molecule has 0 unspecified atom stereocenters. The maximum absolute atomic E-state index is 6.08. The molecule has 2 rings (SSSR count). The van der Waals surface area contributed by atoms with E-state index in [1.807, 2.05) is 18.8 Å². The average molecular weight is 297 g/mol. The summed E-state index contributed by atoms with van der Waals surface area (Å²) in [6, 6.07) is 0. The van der Waals surface area contributed by atoms with Gasteiger partial charge in [0.25, 0.3) is 0 Å². The standard InChI is InChI=1S/C13H23N5OS/c1-4-11-10(12(19-3)17(2)16-11)9-15-13(14)18-5-7-20-8-6-18/h4-9H2,1-3H3,(H2,14,15). The number of methoxy groups -OCH3 is 1. The van der Waals surface area contributed by atoms with Crippen molar-refractivity contribution >= 4 is 17.7 Å². The summed E-state index contributed by atoms with van der Waals surface area (Å²) in [7, 11) is 3.55. The normalized spacial score (nSPS) is 16.6. The highest BCUT2D eigenvalue weighted by Gasteiger charge is 2.16. The van der Waals surface area contributed by atoms with Crippen LogP contribution in [0.2, 0.25) is 0 Å². The van der Waals surface area contributed by atoms with Crippen molar-refractivity contribution in [1.29, 1.82) is 0 Å². The molecular formula is C13H23N5OS. The van der Waals surface area contributed by atoms with Crippen molar-refractivity contribution in [3.05, 3.63) is 11.3 Å². The van der Waals surface area contributed by atoms with Crippen LogP contribution < -0.4 is 10.5 Å². The number of hydrogen-bond donors (Lipinski definition) is 1. The largest absolute Gasteiger partial charge is 0.481 e. The Bertz CT molecular complexity index is 479. The number of ether oxygens (including phenoxy) is 1. The van der Waals surface area contributed by atoms with E-state index in [-0.39, 0.29) is 0 Å². The number of thioether (sulfide) groups is 1. The lowest BCUT2D eigenvalue weighted by molar-refractivity contribution is 0.369. The third-order valence-electron chi connectivity index (χ3n) is 3.43. The van der Waals surface area contributed by atoms with Crippen LogP contribution in [0.25, 0.3) is 0 Å². The lowest BCUT2D eigenvalue weighted by Gasteiger charge is -2.27. The van der Waals surface area contributed by atoms with Gasteiger partial charge in [0.05, 0.1) is 24.9 Å². The number of aryl methyl sites for hydroxylation is 2. The topological polar surface area (TPSA) is 68.7 Å². The predicted octanol–water partition coefficient (Wildman–Crippen LogP) is 0.855. The van der Waals surface area contributed by atoms with E-state index in [0.717, 1.165) is 48.2 Å². The second-order valence-electron chi connectivity index (χ2n) is 4.69. The van der Waals surface area contributed by atoms with E-state index in [2.05, 4.69) is 21.9 Å². The Morgan fingerprint density at radius 3 is 2.75 bits per heavy atom. The summed E-state index contributed by atoms with van der Waals surface area (Å²) in [6.07, 6.45) is 0.863. The van der Waals surface area contributed by atoms with Gasteiger partial charge >= 0.3 is 0 Å². The van der Waals surface area contributed by atoms with E-state index in [9.17, 15) is 0 Å². The van der Waals surface area contributed by atoms with Gasteiger partial charge in [-0.3, -0.25) is 0 Å². The highest BCUT2D eigenvalue weighted by molar-refractivity contribution is 7.99. The van der Waals surface area contributed by atoms with Crippen LogP contribution in [0, 0.1) is 0 Å². The van der Waals surface area contributed by atoms with Crippen LogP contribution in [0.1, 0.15) is 18.2 Å². The van der Waals surface area contributed by atoms with Crippen LogP contribution in [0.5, 0.6) is 5.88 Å². The number of rotatable bonds is 4. The van der Waals surface area contributed by atoms with Gasteiger partial charge < -0.3 is 15.4 Å². The SMILES string of the molecule is CCc1nn(C)c(OC)c1CN=C(N)N1CCSCC1. The van der Waals surface area contributed by atoms with Crippen LogP contribution in [-0.4, -0.2) is 52.3 Å². The third kappa shape index (κ3) is 3.20. The molecule has 1 saturated heterocycles. The second kappa shape index (κ2) is 6.88. The molecule has 0 aromatic carbocycles. The summed E-state index contributed by atoms with van der Waals surface area (Å²) >= 11 is 1.96. The molecule has 1 aromatic heterocycles. The summed E-state index contributed by atoms with van der Waals surface area (Å²) in [5.74, 6) is 3.63. The van der Waals surface area contributed by atoms with Gasteiger partial charge in [-0.05, 0) is 6.42 Å². The van der Waals surface area contributed by atoms with Crippen molar-refractivity contribution in [3.8, 4) is 5.88 Å². The molecule has 2 N–H and O–H groups in total. The monoisotopic (exact) mass is 297 g/mol. The molecule has 1 fully saturated rings. The van der Waals surface area contributed by atoms with Crippen molar-refractivity contribution in [2.45, 2.75) is 19.9 Å². The summed E-state index contributed by atoms with van der Waals surface area (Å²) in [5, 5.41) is 4.46. The number of guanidine groups is 1. The van der Waals surface area contributed by atoms with E-state index in [4.69, 9.17) is 10.5 Å². The minimum Gasteiger partial charge on any atom is -0.481 e. The van der Waals surface area contributed by atoms with Crippen molar-refractivity contribution < 1.29 is 4.74 Å². The molecule has 0 radical (unpaired) electrons. The van der Waals surface area contributed by atoms with Crippen LogP contribution in [0.3, 0.4) is 0 Å². The molecule has 0 bridgehead atoms. The molecule has 0 spiro atoms. The number of nitrogens with zero attached hydrogens (tertiary/aromatic N) is 4. The summed E-state index contributed by atoms with van der Waals surface area (Å²) < 4.78 is 7.17. The van der Waals surface area contributed by atoms with E-state index in [0.29, 0.717) is 12.5 Å². The number of hydrogen-bond acceptors (Lipinski definition) is 4. The molecule has 1 aliphatic rings. The van der Waals surface area contributed by atoms with E-state index >= 15 is 0 Å². The average Bonchev–Trinajstić information content (AvgIpc) is 2.80. The van der Waals surface area contributed by atoms with Gasteiger partial charge in [-0.2, -0.15) is 16.9 Å². The molecular weight excluding hydrogens is 274 g/mol. The van der Waals surface area contributed by atoms with Crippen LogP contribution in [0.4, 0.5) is 0 Å². The van der Waals surface area contributed by atoms with Crippen molar-refractivity contribution in [2.75, 3.05) is 31.7 Å². The zero-order chi connectivity index (χ0) is 14.5. The third-order valence-corrected chi connectivity index (χ3v) is 4.38. The molecule has 0 atom stereocenters. The molecule has 112 valence electrons. The fourth-order valence-electron chi connectivity index (χ4n) is 2.36. The lowest BCUT2D eigenvalue weighted by atomic mass is 10.2. The van der Waals surface area contributed by atoms with Gasteiger partial charge in [0.2, 0.25) is 5.88 Å². The van der Waals surface area contributed by atoms with Crippen molar-refractivity contribution in [1.82, 2.24) is 14.7 Å². The predicted molar refractivity (Wildman–Crippen MR) is 83.4 cm³/mol. The first-order valence-corrected chi connectivity index (χ1v) is 8.04. The molecule has 6 nitrogen and oxygen atoms in total. The Kier molecular flexibility index (Phi) is 5.17. The fraction of sp³-hybridized carbons (Fsp3) is 0.692. The molecule has 1 aliphatic heterocycles. The minimum atomic E-state index is 0.523. The number of nitrogens with two attached hydrogens (primary N) is 1. The molecule has 0 aliphatic carbocycles. The molecule has 2 heterocycles. The molecule has 0 saturated carbocycles. The van der Waals surface area contributed by atoms with Crippen LogP contribution in [-0.2, 0) is 20.0 Å². The van der Waals surface area contributed by atoms with Crippen LogP contribution in [0.15, 0.2) is 4.99 Å². The van der Waals surface area contributed by atoms with Gasteiger partial charge in [0, 0.05) is 31.6 Å². The van der Waals surface area contributed by atoms with Gasteiger partial charge in [0.1, 0.15) is 0 Å². The summed E-state index contributed by atoms with van der Waals surface area (Å²) in [6.45, 7) is 4.56. The fourth-order valence-corrected chi connectivity index (χ4v) is 3.26. The van der Waals surface area contributed by atoms with Gasteiger partial charge in [-0.15, -0.1) is 0 Å². The number of aromatic nitrogens is 2. The summed E-state index contributed by atoms with van der Waals surface area (Å²) in [5.41, 5.74) is 8.14. The Morgan fingerprint density at radius 2 is 2.15 bits per heavy atom. The van der Waals surface area contributed by atoms with E-state index < -0.39 is 0 Å². The second-order valence-corrected chi connectivity index (χ2v) is 5.91. The number of aliphatic imine (C=N–C) groups is 1. The van der Waals surface area contributed by atoms with Crippen molar-refractivity contribution in [3.63, 3.8) is 0 Å². The Morgan fingerprint density at radius 1 is 1.45 bits per heavy atom. The zero-order valence-corrected chi connectivity index (χ0v) is 13.2. The zero-order valence-electron chi connectivity index (χ0n) is 12.4. The van der Waals surface area contributed by atoms with Crippen LogP contribution >= 0.6 is 11.8 Å². The smallest absolute Gasteiger partial charge is 0.216 e. The molecule has 0 amide bonds. The Hall–Kier alpha value is -1.37. The Balaban J connectivity index is 2.12. The highest BCUT2D eigenvalue weighted by Crippen LogP contribution is 2.23. The van der Waals surface area contributed by atoms with E-state index in [1.165, 1.54) is 0 Å². The molecule has 20 heavy (non-hydrogen) atoms. The quantitative estimate of drug-likeness (QED) is 0.659. The lowest BCUT2D eigenvalue weighted by Crippen LogP contribution is -2.42. The maximum Gasteiger partial charge on any atom is 0.216 e. The van der Waals surface area contributed by atoms with Gasteiger partial charge in [0.15, 0.2) is 5.96 Å². The minimum absolute atomic E-state index is 0.523. The van der Waals surface area contributed by atoms with Gasteiger partial charge in [-0.1, -0.05) is 6.92 Å².